The third-order valence-electron chi connectivity index (χ3n) is 3.75. The fourth-order valence-electron chi connectivity index (χ4n) is 2.22. The Labute approximate surface area is 136 Å². The van der Waals surface area contributed by atoms with Gasteiger partial charge in [-0.1, -0.05) is 35.5 Å². The number of nitrogens with zero attached hydrogens (tertiary/aromatic N) is 1. The van der Waals surface area contributed by atoms with Crippen LogP contribution < -0.4 is 0 Å². The fourth-order valence-corrected chi connectivity index (χ4v) is 2.22. The molecular weight excluding hydrogens is 298 g/mol. The van der Waals surface area contributed by atoms with Crippen LogP contribution in [0.2, 0.25) is 0 Å². The molecule has 0 spiro atoms. The number of carboxylic acid groups (broad SMARTS) is 1. The standard InChI is InChI=1S/C17H23NO5/c1-17(16(19)20)21-12-15(13-22-17)9-5-6-10-23-18-11-14-7-3-2-4-8-14/h2-4,7-8,11,15H,5-6,9-10,12-13H2,1H3,(H,19,20)/b18-11+. The zero-order valence-corrected chi connectivity index (χ0v) is 13.3. The first-order chi connectivity index (χ1) is 11.1. The molecule has 1 aliphatic heterocycles. The van der Waals surface area contributed by atoms with Crippen LogP contribution in [0.5, 0.6) is 0 Å². The van der Waals surface area contributed by atoms with E-state index in [0.29, 0.717) is 19.8 Å². The molecule has 0 radical (unpaired) electrons. The van der Waals surface area contributed by atoms with Crippen molar-refractivity contribution in [1.29, 1.82) is 0 Å². The van der Waals surface area contributed by atoms with Crippen LogP contribution in [0.15, 0.2) is 35.5 Å². The molecule has 126 valence electrons. The zero-order valence-electron chi connectivity index (χ0n) is 13.3. The van der Waals surface area contributed by atoms with Crippen LogP contribution in [-0.4, -0.2) is 42.9 Å². The average Bonchev–Trinajstić information content (AvgIpc) is 2.56. The largest absolute Gasteiger partial charge is 0.477 e. The lowest BCUT2D eigenvalue weighted by atomic mass is 10.0. The van der Waals surface area contributed by atoms with E-state index in [1.165, 1.54) is 6.92 Å². The molecule has 0 atom stereocenters. The Bertz CT molecular complexity index is 509. The van der Waals surface area contributed by atoms with Crippen molar-refractivity contribution in [3.05, 3.63) is 35.9 Å². The molecular formula is C17H23NO5. The van der Waals surface area contributed by atoms with Gasteiger partial charge in [0.05, 0.1) is 19.4 Å². The van der Waals surface area contributed by atoms with Gasteiger partial charge in [0, 0.05) is 12.8 Å². The van der Waals surface area contributed by atoms with Gasteiger partial charge in [0.25, 0.3) is 5.79 Å². The Morgan fingerprint density at radius 2 is 2.04 bits per heavy atom. The highest BCUT2D eigenvalue weighted by Gasteiger charge is 2.40. The van der Waals surface area contributed by atoms with Gasteiger partial charge in [-0.2, -0.15) is 0 Å². The third kappa shape index (κ3) is 5.65. The second kappa shape index (κ2) is 8.64. The number of hydrogen-bond acceptors (Lipinski definition) is 5. The molecule has 0 bridgehead atoms. The minimum Gasteiger partial charge on any atom is -0.477 e. The number of carboxylic acids is 1. The molecule has 1 aromatic rings. The smallest absolute Gasteiger partial charge is 0.364 e. The van der Waals surface area contributed by atoms with Crippen molar-refractivity contribution in [2.45, 2.75) is 32.0 Å². The summed E-state index contributed by atoms with van der Waals surface area (Å²) >= 11 is 0. The molecule has 1 aromatic carbocycles. The highest BCUT2D eigenvalue weighted by Crippen LogP contribution is 2.24. The van der Waals surface area contributed by atoms with Crippen LogP contribution >= 0.6 is 0 Å². The molecule has 1 heterocycles. The lowest BCUT2D eigenvalue weighted by molar-refractivity contribution is -0.271. The van der Waals surface area contributed by atoms with E-state index in [0.717, 1.165) is 24.8 Å². The topological polar surface area (TPSA) is 77.4 Å². The van der Waals surface area contributed by atoms with Gasteiger partial charge in [0.15, 0.2) is 0 Å². The molecule has 0 saturated carbocycles. The van der Waals surface area contributed by atoms with Crippen LogP contribution in [-0.2, 0) is 19.1 Å². The summed E-state index contributed by atoms with van der Waals surface area (Å²) in [5.41, 5.74) is 1.01. The number of carbonyl (C=O) groups is 1. The number of ether oxygens (including phenoxy) is 2. The van der Waals surface area contributed by atoms with Crippen molar-refractivity contribution in [2.24, 2.45) is 11.1 Å². The highest BCUT2D eigenvalue weighted by atomic mass is 16.7. The molecule has 2 rings (SSSR count). The summed E-state index contributed by atoms with van der Waals surface area (Å²) in [6, 6.07) is 9.77. The van der Waals surface area contributed by atoms with Crippen molar-refractivity contribution in [1.82, 2.24) is 0 Å². The van der Waals surface area contributed by atoms with Crippen molar-refractivity contribution in [3.63, 3.8) is 0 Å². The zero-order chi connectivity index (χ0) is 16.5. The van der Waals surface area contributed by atoms with E-state index >= 15 is 0 Å². The van der Waals surface area contributed by atoms with Gasteiger partial charge in [0.2, 0.25) is 0 Å². The second-order valence-corrected chi connectivity index (χ2v) is 5.71. The Kier molecular flexibility index (Phi) is 6.55. The third-order valence-corrected chi connectivity index (χ3v) is 3.75. The number of rotatable bonds is 8. The second-order valence-electron chi connectivity index (χ2n) is 5.71. The van der Waals surface area contributed by atoms with Crippen molar-refractivity contribution in [2.75, 3.05) is 19.8 Å². The van der Waals surface area contributed by atoms with Crippen LogP contribution in [0.1, 0.15) is 31.7 Å². The Morgan fingerprint density at radius 1 is 1.35 bits per heavy atom. The monoisotopic (exact) mass is 321 g/mol. The molecule has 23 heavy (non-hydrogen) atoms. The van der Waals surface area contributed by atoms with Gasteiger partial charge < -0.3 is 19.4 Å². The Balaban J connectivity index is 1.53. The molecule has 0 aromatic heterocycles. The summed E-state index contributed by atoms with van der Waals surface area (Å²) in [6.07, 6.45) is 4.46. The van der Waals surface area contributed by atoms with Crippen molar-refractivity contribution in [3.8, 4) is 0 Å². The van der Waals surface area contributed by atoms with E-state index < -0.39 is 11.8 Å². The highest BCUT2D eigenvalue weighted by molar-refractivity contribution is 5.78. The van der Waals surface area contributed by atoms with Gasteiger partial charge in [0.1, 0.15) is 6.61 Å². The van der Waals surface area contributed by atoms with E-state index in [1.54, 1.807) is 6.21 Å². The van der Waals surface area contributed by atoms with E-state index in [-0.39, 0.29) is 5.92 Å². The van der Waals surface area contributed by atoms with Crippen LogP contribution in [0.25, 0.3) is 0 Å². The van der Waals surface area contributed by atoms with Crippen molar-refractivity contribution >= 4 is 12.2 Å². The Morgan fingerprint density at radius 3 is 2.70 bits per heavy atom. The first-order valence-electron chi connectivity index (χ1n) is 7.82. The molecule has 6 nitrogen and oxygen atoms in total. The molecule has 1 aliphatic rings. The Hall–Kier alpha value is -1.92. The molecule has 1 saturated heterocycles. The SMILES string of the molecule is CC1(C(=O)O)OCC(CCCCO/N=C/c2ccccc2)CO1. The van der Waals surface area contributed by atoms with Crippen LogP contribution in [0.3, 0.4) is 0 Å². The summed E-state index contributed by atoms with van der Waals surface area (Å²) in [5.74, 6) is -2.35. The molecule has 1 fully saturated rings. The minimum atomic E-state index is -1.49. The van der Waals surface area contributed by atoms with Gasteiger partial charge in [-0.15, -0.1) is 0 Å². The molecule has 0 aliphatic carbocycles. The molecule has 0 amide bonds. The maximum atomic E-state index is 11.0. The molecule has 6 heteroatoms. The molecule has 1 N–H and O–H groups in total. The predicted molar refractivity (Wildman–Crippen MR) is 85.3 cm³/mol. The van der Waals surface area contributed by atoms with Gasteiger partial charge in [-0.3, -0.25) is 0 Å². The summed E-state index contributed by atoms with van der Waals surface area (Å²) in [6.45, 7) is 2.82. The minimum absolute atomic E-state index is 0.232. The number of oxime groups is 1. The first-order valence-corrected chi connectivity index (χ1v) is 7.82. The number of benzene rings is 1. The van der Waals surface area contributed by atoms with Gasteiger partial charge in [-0.25, -0.2) is 4.79 Å². The fraction of sp³-hybridized carbons (Fsp3) is 0.529. The normalized spacial score (nSPS) is 24.7. The lowest BCUT2D eigenvalue weighted by Gasteiger charge is -2.34. The van der Waals surface area contributed by atoms with Crippen molar-refractivity contribution < 1.29 is 24.2 Å². The summed E-state index contributed by atoms with van der Waals surface area (Å²) in [4.78, 5) is 16.2. The first kappa shape index (κ1) is 17.4. The van der Waals surface area contributed by atoms with Crippen LogP contribution in [0, 0.1) is 5.92 Å². The molecule has 0 unspecified atom stereocenters. The number of hydrogen-bond donors (Lipinski definition) is 1. The predicted octanol–water partition coefficient (Wildman–Crippen LogP) is 2.67. The van der Waals surface area contributed by atoms with E-state index in [1.807, 2.05) is 30.3 Å². The van der Waals surface area contributed by atoms with Crippen LogP contribution in [0.4, 0.5) is 0 Å². The summed E-state index contributed by atoms with van der Waals surface area (Å²) in [5, 5.41) is 12.9. The summed E-state index contributed by atoms with van der Waals surface area (Å²) in [7, 11) is 0. The van der Waals surface area contributed by atoms with Gasteiger partial charge in [-0.05, 0) is 24.8 Å². The van der Waals surface area contributed by atoms with E-state index in [4.69, 9.17) is 19.4 Å². The maximum Gasteiger partial charge on any atom is 0.364 e. The summed E-state index contributed by atoms with van der Waals surface area (Å²) < 4.78 is 10.6. The van der Waals surface area contributed by atoms with E-state index in [9.17, 15) is 4.79 Å². The quantitative estimate of drug-likeness (QED) is 0.452. The van der Waals surface area contributed by atoms with E-state index in [2.05, 4.69) is 5.16 Å². The lowest BCUT2D eigenvalue weighted by Crippen LogP contribution is -2.47. The average molecular weight is 321 g/mol. The van der Waals surface area contributed by atoms with Gasteiger partial charge >= 0.3 is 5.97 Å². The number of unbranched alkanes of at least 4 members (excludes halogenated alkanes) is 1. The maximum absolute atomic E-state index is 11.0. The number of aliphatic carboxylic acids is 1.